The second kappa shape index (κ2) is 4.82. The number of nitrogens with two attached hydrogens (primary N) is 1. The molecule has 0 saturated carbocycles. The summed E-state index contributed by atoms with van der Waals surface area (Å²) in [4.78, 5) is 4.06. The summed E-state index contributed by atoms with van der Waals surface area (Å²) in [6.07, 6.45) is 1.71. The lowest BCUT2D eigenvalue weighted by Gasteiger charge is -2.07. The molecule has 3 N–H and O–H groups in total. The van der Waals surface area contributed by atoms with Gasteiger partial charge in [0.05, 0.1) is 0 Å². The summed E-state index contributed by atoms with van der Waals surface area (Å²) in [5.41, 5.74) is 6.48. The normalized spacial score (nSPS) is 10.5. The van der Waals surface area contributed by atoms with Crippen LogP contribution in [0.1, 0.15) is 13.8 Å². The molecule has 0 amide bonds. The second-order valence-electron chi connectivity index (χ2n) is 3.59. The zero-order chi connectivity index (χ0) is 12.3. The summed E-state index contributed by atoms with van der Waals surface area (Å²) >= 11 is 0. The molecule has 0 aromatic carbocycles. The van der Waals surface area contributed by atoms with E-state index < -0.39 is 0 Å². The molecule has 0 aliphatic heterocycles. The van der Waals surface area contributed by atoms with Crippen LogP contribution in [-0.2, 0) is 6.54 Å². The Bertz CT molecular complexity index is 487. The van der Waals surface area contributed by atoms with Gasteiger partial charge in [-0.25, -0.2) is 4.98 Å². The summed E-state index contributed by atoms with van der Waals surface area (Å²) in [7, 11) is 0. The molecular formula is C11H16N6. The van der Waals surface area contributed by atoms with E-state index in [0.29, 0.717) is 5.82 Å². The third kappa shape index (κ3) is 2.20. The van der Waals surface area contributed by atoms with Crippen LogP contribution >= 0.6 is 0 Å². The van der Waals surface area contributed by atoms with Gasteiger partial charge in [-0.05, 0) is 26.0 Å². The lowest BCUT2D eigenvalue weighted by atomic mass is 10.2. The van der Waals surface area contributed by atoms with Gasteiger partial charge in [0.1, 0.15) is 5.82 Å². The minimum absolute atomic E-state index is 0.503. The van der Waals surface area contributed by atoms with Crippen LogP contribution in [0.3, 0.4) is 0 Å². The van der Waals surface area contributed by atoms with Crippen molar-refractivity contribution < 1.29 is 0 Å². The van der Waals surface area contributed by atoms with E-state index in [2.05, 4.69) is 27.4 Å². The lowest BCUT2D eigenvalue weighted by Crippen LogP contribution is -2.07. The maximum absolute atomic E-state index is 5.56. The standard InChI is InChI=1S/C11H16N6/c1-3-13-11-16-15-10(17(11)4-2)8-5-6-9(12)14-7-8/h5-7H,3-4H2,1-2H3,(H2,12,14)(H,13,16). The first-order valence-electron chi connectivity index (χ1n) is 5.65. The molecule has 6 nitrogen and oxygen atoms in total. The van der Waals surface area contributed by atoms with Crippen LogP contribution in [0.25, 0.3) is 11.4 Å². The summed E-state index contributed by atoms with van der Waals surface area (Å²) < 4.78 is 2.01. The molecule has 0 atom stereocenters. The number of hydrogen-bond acceptors (Lipinski definition) is 5. The largest absolute Gasteiger partial charge is 0.384 e. The van der Waals surface area contributed by atoms with Gasteiger partial charge in [-0.15, -0.1) is 10.2 Å². The van der Waals surface area contributed by atoms with E-state index in [1.807, 2.05) is 17.6 Å². The maximum Gasteiger partial charge on any atom is 0.224 e. The van der Waals surface area contributed by atoms with Gasteiger partial charge in [-0.1, -0.05) is 0 Å². The molecule has 2 rings (SSSR count). The Morgan fingerprint density at radius 2 is 2.12 bits per heavy atom. The fourth-order valence-corrected chi connectivity index (χ4v) is 1.64. The molecule has 2 aromatic heterocycles. The third-order valence-electron chi connectivity index (χ3n) is 2.45. The van der Waals surface area contributed by atoms with Crippen LogP contribution in [-0.4, -0.2) is 26.3 Å². The molecule has 0 bridgehead atoms. The van der Waals surface area contributed by atoms with Crippen LogP contribution < -0.4 is 11.1 Å². The molecule has 2 aromatic rings. The maximum atomic E-state index is 5.56. The molecular weight excluding hydrogens is 216 g/mol. The summed E-state index contributed by atoms with van der Waals surface area (Å²) in [6.45, 7) is 5.70. The summed E-state index contributed by atoms with van der Waals surface area (Å²) in [5.74, 6) is 2.08. The smallest absolute Gasteiger partial charge is 0.224 e. The Labute approximate surface area is 99.9 Å². The second-order valence-corrected chi connectivity index (χ2v) is 3.59. The van der Waals surface area contributed by atoms with E-state index in [1.54, 1.807) is 12.3 Å². The topological polar surface area (TPSA) is 81.7 Å². The van der Waals surface area contributed by atoms with E-state index in [9.17, 15) is 0 Å². The van der Waals surface area contributed by atoms with Crippen molar-refractivity contribution in [3.63, 3.8) is 0 Å². The number of aromatic nitrogens is 4. The van der Waals surface area contributed by atoms with E-state index >= 15 is 0 Å². The predicted octanol–water partition coefficient (Wildman–Crippen LogP) is 1.37. The van der Waals surface area contributed by atoms with Crippen molar-refractivity contribution in [1.82, 2.24) is 19.7 Å². The molecule has 0 unspecified atom stereocenters. The Balaban J connectivity index is 2.41. The molecule has 17 heavy (non-hydrogen) atoms. The average molecular weight is 232 g/mol. The fraction of sp³-hybridized carbons (Fsp3) is 0.364. The first-order valence-corrected chi connectivity index (χ1v) is 5.65. The number of hydrogen-bond donors (Lipinski definition) is 2. The van der Waals surface area contributed by atoms with Crippen molar-refractivity contribution in [2.24, 2.45) is 0 Å². The van der Waals surface area contributed by atoms with E-state index in [0.717, 1.165) is 30.4 Å². The van der Waals surface area contributed by atoms with Crippen molar-refractivity contribution >= 4 is 11.8 Å². The van der Waals surface area contributed by atoms with E-state index in [4.69, 9.17) is 5.73 Å². The Morgan fingerprint density at radius 3 is 2.71 bits per heavy atom. The molecule has 0 radical (unpaired) electrons. The van der Waals surface area contributed by atoms with Crippen LogP contribution in [0.2, 0.25) is 0 Å². The molecule has 0 fully saturated rings. The molecule has 0 aliphatic carbocycles. The van der Waals surface area contributed by atoms with Gasteiger partial charge < -0.3 is 11.1 Å². The number of nitrogens with zero attached hydrogens (tertiary/aromatic N) is 4. The summed E-state index contributed by atoms with van der Waals surface area (Å²) in [6, 6.07) is 3.66. The average Bonchev–Trinajstić information content (AvgIpc) is 2.73. The highest BCUT2D eigenvalue weighted by atomic mass is 15.3. The minimum atomic E-state index is 0.503. The van der Waals surface area contributed by atoms with E-state index in [-0.39, 0.29) is 0 Å². The van der Waals surface area contributed by atoms with Crippen LogP contribution in [0, 0.1) is 0 Å². The fourth-order valence-electron chi connectivity index (χ4n) is 1.64. The molecule has 0 saturated heterocycles. The van der Waals surface area contributed by atoms with Crippen LogP contribution in [0.5, 0.6) is 0 Å². The first-order chi connectivity index (χ1) is 8.26. The van der Waals surface area contributed by atoms with Gasteiger partial charge in [0.15, 0.2) is 5.82 Å². The Hall–Kier alpha value is -2.11. The van der Waals surface area contributed by atoms with Gasteiger partial charge >= 0.3 is 0 Å². The highest BCUT2D eigenvalue weighted by molar-refractivity contribution is 5.57. The quantitative estimate of drug-likeness (QED) is 0.832. The van der Waals surface area contributed by atoms with Crippen molar-refractivity contribution in [2.45, 2.75) is 20.4 Å². The molecule has 6 heteroatoms. The SMILES string of the molecule is CCNc1nnc(-c2ccc(N)nc2)n1CC. The molecule has 2 heterocycles. The molecule has 0 spiro atoms. The lowest BCUT2D eigenvalue weighted by molar-refractivity contribution is 0.770. The van der Waals surface area contributed by atoms with Crippen LogP contribution in [0.4, 0.5) is 11.8 Å². The van der Waals surface area contributed by atoms with Crippen LogP contribution in [0.15, 0.2) is 18.3 Å². The molecule has 0 aliphatic rings. The van der Waals surface area contributed by atoms with Crippen molar-refractivity contribution in [2.75, 3.05) is 17.6 Å². The zero-order valence-corrected chi connectivity index (χ0v) is 10.0. The monoisotopic (exact) mass is 232 g/mol. The van der Waals surface area contributed by atoms with Gasteiger partial charge in [0.25, 0.3) is 0 Å². The highest BCUT2D eigenvalue weighted by Gasteiger charge is 2.11. The van der Waals surface area contributed by atoms with Gasteiger partial charge in [-0.3, -0.25) is 4.57 Å². The number of nitrogen functional groups attached to an aromatic ring is 1. The zero-order valence-electron chi connectivity index (χ0n) is 10.0. The van der Waals surface area contributed by atoms with Gasteiger partial charge in [0.2, 0.25) is 5.95 Å². The van der Waals surface area contributed by atoms with Crippen molar-refractivity contribution in [3.8, 4) is 11.4 Å². The molecule has 90 valence electrons. The van der Waals surface area contributed by atoms with Crippen molar-refractivity contribution in [1.29, 1.82) is 0 Å². The van der Waals surface area contributed by atoms with E-state index in [1.165, 1.54) is 0 Å². The number of pyridine rings is 1. The Kier molecular flexibility index (Phi) is 3.22. The Morgan fingerprint density at radius 1 is 1.29 bits per heavy atom. The third-order valence-corrected chi connectivity index (χ3v) is 2.45. The highest BCUT2D eigenvalue weighted by Crippen LogP contribution is 2.20. The predicted molar refractivity (Wildman–Crippen MR) is 67.5 cm³/mol. The van der Waals surface area contributed by atoms with Gasteiger partial charge in [-0.2, -0.15) is 0 Å². The first kappa shape index (κ1) is 11.4. The van der Waals surface area contributed by atoms with Crippen molar-refractivity contribution in [3.05, 3.63) is 18.3 Å². The van der Waals surface area contributed by atoms with Gasteiger partial charge in [0, 0.05) is 24.8 Å². The minimum Gasteiger partial charge on any atom is -0.384 e. The number of rotatable bonds is 4. The number of anilines is 2. The summed E-state index contributed by atoms with van der Waals surface area (Å²) in [5, 5.41) is 11.5. The number of nitrogens with one attached hydrogen (secondary N) is 1.